The maximum atomic E-state index is 13.2. The van der Waals surface area contributed by atoms with E-state index < -0.39 is 70.4 Å². The number of nitrogens with zero attached hydrogens (tertiary/aromatic N) is 2. The first-order chi connectivity index (χ1) is 26.4. The zero-order chi connectivity index (χ0) is 40.5. The van der Waals surface area contributed by atoms with E-state index in [0.29, 0.717) is 21.5 Å². The van der Waals surface area contributed by atoms with Gasteiger partial charge in [0.2, 0.25) is 0 Å². The van der Waals surface area contributed by atoms with Crippen molar-refractivity contribution in [3.63, 3.8) is 0 Å². The highest BCUT2D eigenvalue weighted by Crippen LogP contribution is 2.29. The summed E-state index contributed by atoms with van der Waals surface area (Å²) in [6.07, 6.45) is 0. The number of sulfonamides is 2. The third-order valence-electron chi connectivity index (χ3n) is 8.11. The van der Waals surface area contributed by atoms with E-state index >= 15 is 0 Å². The lowest BCUT2D eigenvalue weighted by molar-refractivity contribution is -0.385. The molecule has 0 bridgehead atoms. The summed E-state index contributed by atoms with van der Waals surface area (Å²) in [6.45, 7) is 0. The Morgan fingerprint density at radius 2 is 0.839 bits per heavy atom. The molecule has 0 radical (unpaired) electrons. The topological polar surface area (TPSA) is 294 Å². The summed E-state index contributed by atoms with van der Waals surface area (Å²) in [5.41, 5.74) is -2.77. The summed E-state index contributed by atoms with van der Waals surface area (Å²) in [5, 5.41) is 48.2. The van der Waals surface area contributed by atoms with Gasteiger partial charge in [-0.2, -0.15) is 0 Å². The fourth-order valence-corrected chi connectivity index (χ4v) is 7.69. The van der Waals surface area contributed by atoms with Crippen molar-refractivity contribution in [1.82, 2.24) is 0 Å². The van der Waals surface area contributed by atoms with E-state index in [1.165, 1.54) is 48.5 Å². The van der Waals surface area contributed by atoms with E-state index in [4.69, 9.17) is 0 Å². The Morgan fingerprint density at radius 3 is 1.20 bits per heavy atom. The average molecular weight is 801 g/mol. The van der Waals surface area contributed by atoms with Gasteiger partial charge in [0.25, 0.3) is 31.4 Å². The van der Waals surface area contributed by atoms with Gasteiger partial charge in [-0.25, -0.2) is 31.2 Å². The van der Waals surface area contributed by atoms with Crippen LogP contribution in [0.1, 0.15) is 20.7 Å². The highest BCUT2D eigenvalue weighted by Gasteiger charge is 2.24. The summed E-state index contributed by atoms with van der Waals surface area (Å²) in [5.74, 6) is -3.24. The summed E-state index contributed by atoms with van der Waals surface area (Å²) in [6, 6.07) is 22.4. The lowest BCUT2D eigenvalue weighted by atomic mass is 10.1. The molecule has 6 N–H and O–H groups in total. The van der Waals surface area contributed by atoms with Crippen LogP contribution in [0.25, 0.3) is 21.5 Å². The third-order valence-corrected chi connectivity index (χ3v) is 10.9. The van der Waals surface area contributed by atoms with E-state index in [0.717, 1.165) is 36.4 Å². The molecule has 19 nitrogen and oxygen atoms in total. The van der Waals surface area contributed by atoms with Crippen LogP contribution in [0.3, 0.4) is 0 Å². The zero-order valence-corrected chi connectivity index (χ0v) is 29.6. The molecule has 0 unspecified atom stereocenters. The Kier molecular flexibility index (Phi) is 9.96. The van der Waals surface area contributed by atoms with Gasteiger partial charge in [-0.1, -0.05) is 24.3 Å². The molecule has 0 spiro atoms. The molecule has 0 heterocycles. The Morgan fingerprint density at radius 1 is 0.482 bits per heavy atom. The molecule has 6 aromatic rings. The van der Waals surface area contributed by atoms with Crippen molar-refractivity contribution >= 4 is 93.7 Å². The van der Waals surface area contributed by atoms with Gasteiger partial charge in [-0.3, -0.25) is 29.7 Å². The van der Waals surface area contributed by atoms with E-state index in [2.05, 4.69) is 20.1 Å². The predicted molar refractivity (Wildman–Crippen MR) is 202 cm³/mol. The number of anilines is 4. The molecule has 6 rings (SSSR count). The van der Waals surface area contributed by atoms with Crippen LogP contribution in [0.4, 0.5) is 38.9 Å². The number of hydrogen-bond acceptors (Lipinski definition) is 11. The Bertz CT molecular complexity index is 2710. The molecule has 284 valence electrons. The largest absolute Gasteiger partial charge is 0.477 e. The minimum atomic E-state index is -4.31. The first-order valence-corrected chi connectivity index (χ1v) is 18.6. The van der Waals surface area contributed by atoms with Gasteiger partial charge in [0.15, 0.2) is 0 Å². The number of nitrogens with one attached hydrogen (secondary N) is 4. The molecule has 0 aliphatic heterocycles. The number of carboxylic acid groups (broad SMARTS) is 2. The quantitative estimate of drug-likeness (QED) is 0.0573. The van der Waals surface area contributed by atoms with Gasteiger partial charge < -0.3 is 20.8 Å². The van der Waals surface area contributed by atoms with Crippen molar-refractivity contribution in [3.8, 4) is 0 Å². The molecule has 0 fully saturated rings. The number of urea groups is 1. The maximum absolute atomic E-state index is 13.2. The van der Waals surface area contributed by atoms with Crippen LogP contribution < -0.4 is 20.1 Å². The van der Waals surface area contributed by atoms with Gasteiger partial charge in [0, 0.05) is 23.5 Å². The molecule has 0 saturated carbocycles. The number of aromatic carboxylic acids is 2. The molecule has 0 atom stereocenters. The van der Waals surface area contributed by atoms with E-state index in [-0.39, 0.29) is 32.5 Å². The monoisotopic (exact) mass is 800 g/mol. The van der Waals surface area contributed by atoms with Crippen LogP contribution >= 0.6 is 0 Å². The minimum Gasteiger partial charge on any atom is -0.477 e. The number of carbonyl (C=O) groups excluding carboxylic acids is 1. The smallest absolute Gasteiger partial charge is 0.342 e. The van der Waals surface area contributed by atoms with Crippen LogP contribution in [0.5, 0.6) is 0 Å². The summed E-state index contributed by atoms with van der Waals surface area (Å²) in [4.78, 5) is 56.0. The molecule has 6 aromatic carbocycles. The van der Waals surface area contributed by atoms with Crippen LogP contribution in [-0.2, 0) is 20.0 Å². The number of benzene rings is 6. The van der Waals surface area contributed by atoms with Crippen molar-refractivity contribution in [2.24, 2.45) is 0 Å². The van der Waals surface area contributed by atoms with Crippen molar-refractivity contribution in [1.29, 1.82) is 0 Å². The van der Waals surface area contributed by atoms with Gasteiger partial charge in [-0.15, -0.1) is 0 Å². The molecule has 0 aliphatic rings. The lowest BCUT2D eigenvalue weighted by Gasteiger charge is -2.12. The number of amides is 2. The second-order valence-electron chi connectivity index (χ2n) is 11.8. The fourth-order valence-electron chi connectivity index (χ4n) is 5.52. The highest BCUT2D eigenvalue weighted by molar-refractivity contribution is 7.93. The molecule has 0 aromatic heterocycles. The SMILES string of the molecule is O=C(Nc1ccc2ccc(S(=O)(=O)Nc3ccc([N+](=O)[O-])c(C(=O)O)c3)cc2c1)Nc1ccc2ccc(S(=O)(=O)Nc3ccc([N+](=O)[O-])c(C(=O)O)c3)cc2c1. The molecular formula is C35H24N6O13S2. The molecule has 2 amide bonds. The molecule has 0 aliphatic carbocycles. The van der Waals surface area contributed by atoms with E-state index in [1.54, 1.807) is 24.3 Å². The van der Waals surface area contributed by atoms with Crippen molar-refractivity contribution in [2.45, 2.75) is 9.79 Å². The number of fused-ring (bicyclic) bond motifs is 2. The van der Waals surface area contributed by atoms with Crippen LogP contribution in [-0.4, -0.2) is 54.9 Å². The van der Waals surface area contributed by atoms with Gasteiger partial charge in [0.05, 0.1) is 31.0 Å². The summed E-state index contributed by atoms with van der Waals surface area (Å²) < 4.78 is 57.1. The van der Waals surface area contributed by atoms with E-state index in [1.807, 2.05) is 0 Å². The van der Waals surface area contributed by atoms with Gasteiger partial charge >= 0.3 is 18.0 Å². The highest BCUT2D eigenvalue weighted by atomic mass is 32.2. The van der Waals surface area contributed by atoms with Crippen LogP contribution in [0, 0.1) is 20.2 Å². The minimum absolute atomic E-state index is 0.221. The Labute approximate surface area is 314 Å². The normalized spacial score (nSPS) is 11.4. The first-order valence-electron chi connectivity index (χ1n) is 15.6. The molecule has 56 heavy (non-hydrogen) atoms. The first kappa shape index (κ1) is 38.1. The summed E-state index contributed by atoms with van der Waals surface area (Å²) in [7, 11) is -8.62. The van der Waals surface area contributed by atoms with Gasteiger partial charge in [-0.05, 0) is 94.3 Å². The number of nitro benzene ring substituents is 2. The number of carboxylic acids is 2. The third kappa shape index (κ3) is 8.12. The van der Waals surface area contributed by atoms with E-state index in [9.17, 15) is 61.7 Å². The molecule has 0 saturated heterocycles. The van der Waals surface area contributed by atoms with Crippen LogP contribution in [0.2, 0.25) is 0 Å². The second kappa shape index (κ2) is 14.6. The lowest BCUT2D eigenvalue weighted by Crippen LogP contribution is -2.19. The fraction of sp³-hybridized carbons (Fsp3) is 0. The van der Waals surface area contributed by atoms with Crippen LogP contribution in [0.15, 0.2) is 119 Å². The zero-order valence-electron chi connectivity index (χ0n) is 28.0. The van der Waals surface area contributed by atoms with Crippen molar-refractivity contribution in [2.75, 3.05) is 20.1 Å². The van der Waals surface area contributed by atoms with Crippen molar-refractivity contribution < 1.29 is 51.3 Å². The molecule has 21 heteroatoms. The second-order valence-corrected chi connectivity index (χ2v) is 15.2. The standard InChI is InChI=1S/C35H24N6O13S2/c42-33(43)29-17-25(7-11-31(29)40(47)48)38-55(51,52)27-9-3-19-1-5-23(13-21(19)15-27)36-35(46)37-24-6-2-20-4-10-28(16-22(20)14-24)56(53,54)39-26-8-12-32(41(49)50)30(18-26)34(44)45/h1-18,38-39H,(H,42,43)(H,44,45)(H2,36,37,46). The average Bonchev–Trinajstić information content (AvgIpc) is 3.13. The molecular weight excluding hydrogens is 777 g/mol. The maximum Gasteiger partial charge on any atom is 0.342 e. The van der Waals surface area contributed by atoms with Crippen molar-refractivity contribution in [3.05, 3.63) is 141 Å². The number of rotatable bonds is 12. The Balaban J connectivity index is 1.17. The predicted octanol–water partition coefficient (Wildman–Crippen LogP) is 6.45. The van der Waals surface area contributed by atoms with Gasteiger partial charge in [0.1, 0.15) is 11.1 Å². The number of hydrogen-bond donors (Lipinski definition) is 6. The Hall–Kier alpha value is -7.65. The number of nitro groups is 2. The summed E-state index contributed by atoms with van der Waals surface area (Å²) >= 11 is 0. The number of carbonyl (C=O) groups is 3.